The molecule has 0 amide bonds. The summed E-state index contributed by atoms with van der Waals surface area (Å²) < 4.78 is 2.60. The lowest BCUT2D eigenvalue weighted by atomic mass is 10.3. The van der Waals surface area contributed by atoms with Crippen LogP contribution in [0.4, 0.5) is 17.5 Å². The summed E-state index contributed by atoms with van der Waals surface area (Å²) >= 11 is 10.3. The molecule has 0 fully saturated rings. The molecule has 2 aromatic rings. The van der Waals surface area contributed by atoms with E-state index in [4.69, 9.17) is 5.73 Å². The molecule has 7 heteroatoms. The number of anilines is 3. The predicted octanol–water partition coefficient (Wildman–Crippen LogP) is 4.09. The Morgan fingerprint density at radius 1 is 1.06 bits per heavy atom. The van der Waals surface area contributed by atoms with Gasteiger partial charge in [-0.2, -0.15) is 4.98 Å². The minimum atomic E-state index is 0.221. The Balaban J connectivity index is 2.41. The Labute approximate surface area is 123 Å². The summed E-state index contributed by atoms with van der Waals surface area (Å²) in [6.45, 7) is 0. The van der Waals surface area contributed by atoms with Crippen LogP contribution in [0.15, 0.2) is 37.8 Å². The smallest absolute Gasteiger partial charge is 0.222 e. The van der Waals surface area contributed by atoms with Gasteiger partial charge in [0.05, 0.1) is 10.2 Å². The van der Waals surface area contributed by atoms with E-state index >= 15 is 0 Å². The zero-order valence-corrected chi connectivity index (χ0v) is 13.2. The second-order valence-corrected chi connectivity index (χ2v) is 5.71. The zero-order valence-electron chi connectivity index (χ0n) is 8.42. The average molecular weight is 423 g/mol. The minimum Gasteiger partial charge on any atom is -0.368 e. The van der Waals surface area contributed by atoms with E-state index in [-0.39, 0.29) is 5.95 Å². The van der Waals surface area contributed by atoms with Crippen LogP contribution >= 0.6 is 47.8 Å². The molecule has 0 unspecified atom stereocenters. The van der Waals surface area contributed by atoms with Crippen molar-refractivity contribution in [3.63, 3.8) is 0 Å². The Morgan fingerprint density at radius 3 is 2.35 bits per heavy atom. The molecule has 0 bridgehead atoms. The van der Waals surface area contributed by atoms with Crippen LogP contribution in [0.1, 0.15) is 0 Å². The van der Waals surface area contributed by atoms with Crippen LogP contribution in [0.5, 0.6) is 0 Å². The summed E-state index contributed by atoms with van der Waals surface area (Å²) in [5.74, 6) is 0.837. The molecule has 0 spiro atoms. The van der Waals surface area contributed by atoms with Crippen molar-refractivity contribution in [2.24, 2.45) is 0 Å². The van der Waals surface area contributed by atoms with Gasteiger partial charge in [-0.3, -0.25) is 0 Å². The van der Waals surface area contributed by atoms with Crippen molar-refractivity contribution >= 4 is 65.2 Å². The van der Waals surface area contributed by atoms with E-state index in [0.29, 0.717) is 5.82 Å². The fourth-order valence-electron chi connectivity index (χ4n) is 1.20. The van der Waals surface area contributed by atoms with Crippen LogP contribution in [0.3, 0.4) is 0 Å². The number of hydrogen-bond donors (Lipinski definition) is 2. The SMILES string of the molecule is Nc1ncc(Br)c(Nc2c(Br)cccc2Br)n1. The van der Waals surface area contributed by atoms with Gasteiger partial charge in [-0.25, -0.2) is 4.98 Å². The molecule has 0 aliphatic carbocycles. The van der Waals surface area contributed by atoms with Crippen molar-refractivity contribution in [3.05, 3.63) is 37.8 Å². The molecule has 1 aromatic carbocycles. The number of nitrogen functional groups attached to an aromatic ring is 1. The number of nitrogens with zero attached hydrogens (tertiary/aromatic N) is 2. The highest BCUT2D eigenvalue weighted by molar-refractivity contribution is 9.11. The number of rotatable bonds is 2. The maximum Gasteiger partial charge on any atom is 0.222 e. The van der Waals surface area contributed by atoms with Crippen LogP contribution in [-0.2, 0) is 0 Å². The number of benzene rings is 1. The molecule has 0 aliphatic heterocycles. The Hall–Kier alpha value is -0.660. The molecular formula is C10H7Br3N4. The van der Waals surface area contributed by atoms with Crippen LogP contribution in [0, 0.1) is 0 Å². The van der Waals surface area contributed by atoms with E-state index in [2.05, 4.69) is 63.1 Å². The molecular weight excluding hydrogens is 416 g/mol. The number of aromatic nitrogens is 2. The Kier molecular flexibility index (Phi) is 4.01. The highest BCUT2D eigenvalue weighted by atomic mass is 79.9. The van der Waals surface area contributed by atoms with Gasteiger partial charge in [-0.15, -0.1) is 0 Å². The number of nitrogens with two attached hydrogens (primary N) is 1. The molecule has 17 heavy (non-hydrogen) atoms. The quantitative estimate of drug-likeness (QED) is 0.765. The first-order valence-electron chi connectivity index (χ1n) is 4.57. The second kappa shape index (κ2) is 5.32. The lowest BCUT2D eigenvalue weighted by Gasteiger charge is -2.11. The fraction of sp³-hybridized carbons (Fsp3) is 0. The monoisotopic (exact) mass is 420 g/mol. The number of nitrogens with one attached hydrogen (secondary N) is 1. The van der Waals surface area contributed by atoms with Gasteiger partial charge in [0.15, 0.2) is 0 Å². The third-order valence-corrected chi connectivity index (χ3v) is 3.87. The summed E-state index contributed by atoms with van der Waals surface area (Å²) in [5, 5.41) is 3.18. The first-order valence-corrected chi connectivity index (χ1v) is 6.95. The lowest BCUT2D eigenvalue weighted by Crippen LogP contribution is -2.01. The van der Waals surface area contributed by atoms with Gasteiger partial charge in [-0.05, 0) is 59.9 Å². The maximum absolute atomic E-state index is 5.55. The molecule has 1 aromatic heterocycles. The molecule has 0 saturated heterocycles. The normalized spacial score (nSPS) is 10.3. The largest absolute Gasteiger partial charge is 0.368 e. The molecule has 3 N–H and O–H groups in total. The standard InChI is InChI=1S/C10H7Br3N4/c11-5-2-1-3-6(12)8(5)16-9-7(13)4-15-10(14)17-9/h1-4H,(H3,14,15,16,17). The van der Waals surface area contributed by atoms with Gasteiger partial charge in [0, 0.05) is 15.1 Å². The van der Waals surface area contributed by atoms with Crippen LogP contribution in [0.2, 0.25) is 0 Å². The van der Waals surface area contributed by atoms with Gasteiger partial charge >= 0.3 is 0 Å². The zero-order chi connectivity index (χ0) is 12.4. The third-order valence-electron chi connectivity index (χ3n) is 1.97. The first-order chi connectivity index (χ1) is 8.08. The second-order valence-electron chi connectivity index (χ2n) is 3.15. The van der Waals surface area contributed by atoms with E-state index in [1.165, 1.54) is 0 Å². The van der Waals surface area contributed by atoms with Crippen molar-refractivity contribution in [1.82, 2.24) is 9.97 Å². The van der Waals surface area contributed by atoms with Crippen LogP contribution < -0.4 is 11.1 Å². The molecule has 1 heterocycles. The van der Waals surface area contributed by atoms with Gasteiger partial charge in [-0.1, -0.05) is 6.07 Å². The minimum absolute atomic E-state index is 0.221. The first kappa shape index (κ1) is 12.8. The van der Waals surface area contributed by atoms with Crippen LogP contribution in [0.25, 0.3) is 0 Å². The van der Waals surface area contributed by atoms with E-state index < -0.39 is 0 Å². The molecule has 4 nitrogen and oxygen atoms in total. The highest BCUT2D eigenvalue weighted by Gasteiger charge is 2.08. The van der Waals surface area contributed by atoms with Crippen molar-refractivity contribution in [2.45, 2.75) is 0 Å². The van der Waals surface area contributed by atoms with Crippen molar-refractivity contribution < 1.29 is 0 Å². The summed E-state index contributed by atoms with van der Waals surface area (Å²) in [6, 6.07) is 5.81. The van der Waals surface area contributed by atoms with Gasteiger partial charge in [0.1, 0.15) is 5.82 Å². The fourth-order valence-corrected chi connectivity index (χ4v) is 2.69. The Bertz CT molecular complexity index is 539. The Morgan fingerprint density at radius 2 is 1.71 bits per heavy atom. The van der Waals surface area contributed by atoms with E-state index in [9.17, 15) is 0 Å². The third kappa shape index (κ3) is 2.97. The lowest BCUT2D eigenvalue weighted by molar-refractivity contribution is 1.17. The number of hydrogen-bond acceptors (Lipinski definition) is 4. The predicted molar refractivity (Wildman–Crippen MR) is 79.3 cm³/mol. The van der Waals surface area contributed by atoms with Gasteiger partial charge in [0.2, 0.25) is 5.95 Å². The topological polar surface area (TPSA) is 63.8 Å². The highest BCUT2D eigenvalue weighted by Crippen LogP contribution is 2.34. The van der Waals surface area contributed by atoms with Crippen molar-refractivity contribution in [3.8, 4) is 0 Å². The average Bonchev–Trinajstić information content (AvgIpc) is 2.28. The maximum atomic E-state index is 5.55. The van der Waals surface area contributed by atoms with Crippen molar-refractivity contribution in [1.29, 1.82) is 0 Å². The summed E-state index contributed by atoms with van der Waals surface area (Å²) in [7, 11) is 0. The summed E-state index contributed by atoms with van der Waals surface area (Å²) in [5.41, 5.74) is 6.43. The van der Waals surface area contributed by atoms with Crippen LogP contribution in [-0.4, -0.2) is 9.97 Å². The number of halogens is 3. The van der Waals surface area contributed by atoms with Crippen molar-refractivity contribution in [2.75, 3.05) is 11.1 Å². The molecule has 0 atom stereocenters. The molecule has 0 radical (unpaired) electrons. The van der Waals surface area contributed by atoms with E-state index in [0.717, 1.165) is 19.1 Å². The summed E-state index contributed by atoms with van der Waals surface area (Å²) in [6.07, 6.45) is 1.61. The summed E-state index contributed by atoms with van der Waals surface area (Å²) in [4.78, 5) is 8.00. The van der Waals surface area contributed by atoms with Gasteiger partial charge in [0.25, 0.3) is 0 Å². The molecule has 0 saturated carbocycles. The van der Waals surface area contributed by atoms with Gasteiger partial charge < -0.3 is 11.1 Å². The van der Waals surface area contributed by atoms with E-state index in [1.807, 2.05) is 18.2 Å². The van der Waals surface area contributed by atoms with E-state index in [1.54, 1.807) is 6.20 Å². The molecule has 0 aliphatic rings. The molecule has 2 rings (SSSR count). The number of para-hydroxylation sites is 1. The molecule has 88 valence electrons.